The molecular formula is C21H19NO4S2. The molecule has 0 bridgehead atoms. The standard InChI is InChI=1S/C21H19NO4S2/c23-20(13-14-28(25,26)18-9-5-2-6-10-18)22-15-17-11-12-19(27-17)21(24)16-7-3-1-4-8-16/h1-12H,13-15H2,(H,22,23). The molecule has 0 atom stereocenters. The van der Waals surface area contributed by atoms with Gasteiger partial charge >= 0.3 is 0 Å². The maximum Gasteiger partial charge on any atom is 0.221 e. The Balaban J connectivity index is 1.52. The third-order valence-electron chi connectivity index (χ3n) is 4.08. The summed E-state index contributed by atoms with van der Waals surface area (Å²) in [5.74, 6) is -0.647. The van der Waals surface area contributed by atoms with Crippen molar-refractivity contribution in [1.29, 1.82) is 0 Å². The van der Waals surface area contributed by atoms with Crippen molar-refractivity contribution in [3.63, 3.8) is 0 Å². The molecule has 0 spiro atoms. The van der Waals surface area contributed by atoms with E-state index in [1.807, 2.05) is 18.2 Å². The molecule has 0 aliphatic rings. The van der Waals surface area contributed by atoms with E-state index in [1.54, 1.807) is 42.5 Å². The first kappa shape index (κ1) is 20.0. The lowest BCUT2D eigenvalue weighted by Crippen LogP contribution is -2.24. The van der Waals surface area contributed by atoms with Gasteiger partial charge in [0.1, 0.15) is 0 Å². The van der Waals surface area contributed by atoms with Crippen LogP contribution in [0, 0.1) is 0 Å². The Morgan fingerprint density at radius 1 is 0.857 bits per heavy atom. The third-order valence-corrected chi connectivity index (χ3v) is 6.90. The highest BCUT2D eigenvalue weighted by molar-refractivity contribution is 7.91. The van der Waals surface area contributed by atoms with E-state index in [2.05, 4.69) is 5.32 Å². The summed E-state index contributed by atoms with van der Waals surface area (Å²) in [7, 11) is -3.48. The Morgan fingerprint density at radius 3 is 2.18 bits per heavy atom. The molecule has 0 saturated carbocycles. The van der Waals surface area contributed by atoms with Crippen LogP contribution in [0.5, 0.6) is 0 Å². The molecule has 1 heterocycles. The second-order valence-corrected chi connectivity index (χ2v) is 9.40. The molecule has 28 heavy (non-hydrogen) atoms. The van der Waals surface area contributed by atoms with Crippen LogP contribution in [0.3, 0.4) is 0 Å². The van der Waals surface area contributed by atoms with Crippen molar-refractivity contribution in [2.24, 2.45) is 0 Å². The Labute approximate surface area is 168 Å². The van der Waals surface area contributed by atoms with Gasteiger partial charge in [-0.1, -0.05) is 48.5 Å². The van der Waals surface area contributed by atoms with Gasteiger partial charge in [0.2, 0.25) is 11.7 Å². The summed E-state index contributed by atoms with van der Waals surface area (Å²) >= 11 is 1.32. The van der Waals surface area contributed by atoms with Gasteiger partial charge in [-0.3, -0.25) is 9.59 Å². The number of ketones is 1. The molecule has 3 aromatic rings. The van der Waals surface area contributed by atoms with Crippen molar-refractivity contribution in [2.45, 2.75) is 17.9 Å². The molecule has 1 amide bonds. The van der Waals surface area contributed by atoms with Crippen LogP contribution in [-0.4, -0.2) is 25.9 Å². The summed E-state index contributed by atoms with van der Waals surface area (Å²) in [6, 6.07) is 20.6. The SMILES string of the molecule is O=C(CCS(=O)(=O)c1ccccc1)NCc1ccc(C(=O)c2ccccc2)s1. The van der Waals surface area contributed by atoms with E-state index in [9.17, 15) is 18.0 Å². The van der Waals surface area contributed by atoms with Gasteiger partial charge in [-0.05, 0) is 24.3 Å². The lowest BCUT2D eigenvalue weighted by molar-refractivity contribution is -0.120. The lowest BCUT2D eigenvalue weighted by atomic mass is 10.1. The Kier molecular flexibility index (Phi) is 6.38. The second kappa shape index (κ2) is 8.95. The summed E-state index contributed by atoms with van der Waals surface area (Å²) in [6.07, 6.45) is -0.113. The van der Waals surface area contributed by atoms with Gasteiger partial charge in [0.05, 0.1) is 22.1 Å². The fourth-order valence-corrected chi connectivity index (χ4v) is 4.74. The van der Waals surface area contributed by atoms with Gasteiger partial charge in [0.15, 0.2) is 9.84 Å². The van der Waals surface area contributed by atoms with Crippen molar-refractivity contribution in [1.82, 2.24) is 5.32 Å². The number of carbonyl (C=O) groups excluding carboxylic acids is 2. The molecule has 0 radical (unpaired) electrons. The van der Waals surface area contributed by atoms with Gasteiger partial charge in [0.25, 0.3) is 0 Å². The normalized spacial score (nSPS) is 11.1. The Hall–Kier alpha value is -2.77. The van der Waals surface area contributed by atoms with Gasteiger partial charge < -0.3 is 5.32 Å². The van der Waals surface area contributed by atoms with E-state index in [0.717, 1.165) is 4.88 Å². The van der Waals surface area contributed by atoms with Crippen molar-refractivity contribution < 1.29 is 18.0 Å². The first-order valence-electron chi connectivity index (χ1n) is 8.69. The predicted molar refractivity (Wildman–Crippen MR) is 109 cm³/mol. The minimum absolute atomic E-state index is 0.0582. The van der Waals surface area contributed by atoms with Crippen molar-refractivity contribution in [3.8, 4) is 0 Å². The minimum atomic E-state index is -3.48. The fraction of sp³-hybridized carbons (Fsp3) is 0.143. The molecular weight excluding hydrogens is 394 g/mol. The molecule has 3 rings (SSSR count). The fourth-order valence-electron chi connectivity index (χ4n) is 2.57. The van der Waals surface area contributed by atoms with Gasteiger partial charge in [-0.2, -0.15) is 0 Å². The van der Waals surface area contributed by atoms with Gasteiger partial charge in [-0.25, -0.2) is 8.42 Å². The zero-order valence-corrected chi connectivity index (χ0v) is 16.6. The van der Waals surface area contributed by atoms with Gasteiger partial charge in [0, 0.05) is 16.9 Å². The first-order chi connectivity index (χ1) is 13.5. The quantitative estimate of drug-likeness (QED) is 0.574. The maximum absolute atomic E-state index is 12.4. The summed E-state index contributed by atoms with van der Waals surface area (Å²) in [5, 5.41) is 2.71. The van der Waals surface area contributed by atoms with E-state index in [0.29, 0.717) is 10.4 Å². The zero-order chi connectivity index (χ0) is 20.0. The Bertz CT molecular complexity index is 1060. The minimum Gasteiger partial charge on any atom is -0.351 e. The monoisotopic (exact) mass is 413 g/mol. The van der Waals surface area contributed by atoms with Crippen molar-refractivity contribution in [2.75, 3.05) is 5.75 Å². The topological polar surface area (TPSA) is 80.3 Å². The van der Waals surface area contributed by atoms with Gasteiger partial charge in [-0.15, -0.1) is 11.3 Å². The average molecular weight is 414 g/mol. The second-order valence-electron chi connectivity index (χ2n) is 6.12. The molecule has 0 unspecified atom stereocenters. The maximum atomic E-state index is 12.4. The number of benzene rings is 2. The smallest absolute Gasteiger partial charge is 0.221 e. The molecule has 144 valence electrons. The van der Waals surface area contributed by atoms with E-state index in [-0.39, 0.29) is 35.3 Å². The number of sulfone groups is 1. The molecule has 0 aliphatic carbocycles. The highest BCUT2D eigenvalue weighted by atomic mass is 32.2. The largest absolute Gasteiger partial charge is 0.351 e. The number of hydrogen-bond donors (Lipinski definition) is 1. The molecule has 0 saturated heterocycles. The molecule has 5 nitrogen and oxygen atoms in total. The first-order valence-corrected chi connectivity index (χ1v) is 11.2. The van der Waals surface area contributed by atoms with Crippen LogP contribution in [0.4, 0.5) is 0 Å². The summed E-state index contributed by atoms with van der Waals surface area (Å²) in [6.45, 7) is 0.261. The third kappa shape index (κ3) is 5.15. The van der Waals surface area contributed by atoms with Crippen LogP contribution >= 0.6 is 11.3 Å². The van der Waals surface area contributed by atoms with Crippen molar-refractivity contribution >= 4 is 32.9 Å². The highest BCUT2D eigenvalue weighted by Crippen LogP contribution is 2.20. The molecule has 0 aliphatic heterocycles. The van der Waals surface area contributed by atoms with E-state index >= 15 is 0 Å². The number of thiophene rings is 1. The van der Waals surface area contributed by atoms with E-state index < -0.39 is 9.84 Å². The van der Waals surface area contributed by atoms with Crippen LogP contribution in [0.25, 0.3) is 0 Å². The van der Waals surface area contributed by atoms with E-state index in [4.69, 9.17) is 0 Å². The average Bonchev–Trinajstić information content (AvgIpc) is 3.20. The number of rotatable bonds is 8. The highest BCUT2D eigenvalue weighted by Gasteiger charge is 2.16. The summed E-state index contributed by atoms with van der Waals surface area (Å²) in [5.41, 5.74) is 0.617. The van der Waals surface area contributed by atoms with Crippen LogP contribution < -0.4 is 5.32 Å². The molecule has 0 fully saturated rings. The van der Waals surface area contributed by atoms with Crippen LogP contribution in [0.15, 0.2) is 77.7 Å². The predicted octanol–water partition coefficient (Wildman–Crippen LogP) is 3.46. The molecule has 2 aromatic carbocycles. The Morgan fingerprint density at radius 2 is 1.50 bits per heavy atom. The summed E-state index contributed by atoms with van der Waals surface area (Å²) < 4.78 is 24.4. The van der Waals surface area contributed by atoms with Crippen LogP contribution in [0.1, 0.15) is 26.5 Å². The number of nitrogens with one attached hydrogen (secondary N) is 1. The van der Waals surface area contributed by atoms with Crippen LogP contribution in [0.2, 0.25) is 0 Å². The number of carbonyl (C=O) groups is 2. The van der Waals surface area contributed by atoms with Crippen LogP contribution in [-0.2, 0) is 21.2 Å². The number of amides is 1. The van der Waals surface area contributed by atoms with E-state index in [1.165, 1.54) is 23.5 Å². The summed E-state index contributed by atoms with van der Waals surface area (Å²) in [4.78, 5) is 26.1. The molecule has 1 N–H and O–H groups in total. The zero-order valence-electron chi connectivity index (χ0n) is 15.0. The lowest BCUT2D eigenvalue weighted by Gasteiger charge is -2.05. The van der Waals surface area contributed by atoms with Crippen molar-refractivity contribution in [3.05, 3.63) is 88.1 Å². The number of hydrogen-bond acceptors (Lipinski definition) is 5. The molecule has 7 heteroatoms. The molecule has 1 aromatic heterocycles.